The Kier molecular flexibility index (Phi) is 3.10. The molecule has 1 N–H and O–H groups in total. The molecule has 1 aromatic rings. The highest BCUT2D eigenvalue weighted by Crippen LogP contribution is 2.31. The number of carboxylic acids is 1. The van der Waals surface area contributed by atoms with E-state index in [1.807, 2.05) is 0 Å². The number of rotatable bonds is 3. The van der Waals surface area contributed by atoms with Gasteiger partial charge in [-0.3, -0.25) is 0 Å². The van der Waals surface area contributed by atoms with Crippen LogP contribution < -0.4 is 0 Å². The van der Waals surface area contributed by atoms with Crippen LogP contribution in [-0.2, 0) is 12.7 Å². The summed E-state index contributed by atoms with van der Waals surface area (Å²) in [5, 5.41) is 13.8. The first-order valence-electron chi connectivity index (χ1n) is 3.75. The zero-order chi connectivity index (χ0) is 12.5. The first-order chi connectivity index (χ1) is 7.23. The summed E-state index contributed by atoms with van der Waals surface area (Å²) in [6.07, 6.45) is -8.20. The van der Waals surface area contributed by atoms with Crippen molar-refractivity contribution in [1.82, 2.24) is 15.0 Å². The number of carboxylic acid groups (broad SMARTS) is 1. The van der Waals surface area contributed by atoms with Gasteiger partial charge in [0.2, 0.25) is 5.69 Å². The van der Waals surface area contributed by atoms with Crippen molar-refractivity contribution in [1.29, 1.82) is 0 Å². The maximum absolute atomic E-state index is 12.3. The van der Waals surface area contributed by atoms with Crippen LogP contribution in [0.3, 0.4) is 0 Å². The van der Waals surface area contributed by atoms with E-state index in [1.54, 1.807) is 0 Å². The van der Waals surface area contributed by atoms with Crippen LogP contribution in [0.1, 0.15) is 16.2 Å². The van der Waals surface area contributed by atoms with Crippen molar-refractivity contribution < 1.29 is 31.9 Å². The van der Waals surface area contributed by atoms with Gasteiger partial charge in [-0.25, -0.2) is 18.3 Å². The monoisotopic (exact) mass is 245 g/mol. The minimum Gasteiger partial charge on any atom is -0.476 e. The summed E-state index contributed by atoms with van der Waals surface area (Å²) in [7, 11) is 0. The summed E-state index contributed by atoms with van der Waals surface area (Å²) in [5.41, 5.74) is -3.19. The highest BCUT2D eigenvalue weighted by Gasteiger charge is 2.41. The SMILES string of the molecule is O=C(O)c1nnn(CC(F)F)c1C(F)(F)F. The number of nitrogens with zero attached hydrogens (tertiary/aromatic N) is 3. The molecule has 0 aliphatic carbocycles. The predicted molar refractivity (Wildman–Crippen MR) is 38.0 cm³/mol. The van der Waals surface area contributed by atoms with Crippen molar-refractivity contribution in [2.45, 2.75) is 19.1 Å². The smallest absolute Gasteiger partial charge is 0.435 e. The third kappa shape index (κ3) is 2.44. The second-order valence-electron chi connectivity index (χ2n) is 2.66. The van der Waals surface area contributed by atoms with Crippen LogP contribution in [0, 0.1) is 0 Å². The molecule has 0 bridgehead atoms. The molecule has 16 heavy (non-hydrogen) atoms. The number of hydrogen-bond donors (Lipinski definition) is 1. The average Bonchev–Trinajstić information content (AvgIpc) is 2.45. The highest BCUT2D eigenvalue weighted by atomic mass is 19.4. The number of aromatic carboxylic acids is 1. The van der Waals surface area contributed by atoms with E-state index in [0.29, 0.717) is 0 Å². The molecule has 0 aliphatic heterocycles. The Hall–Kier alpha value is -1.74. The Bertz CT molecular complexity index is 399. The van der Waals surface area contributed by atoms with Gasteiger partial charge < -0.3 is 5.11 Å². The molecule has 0 saturated heterocycles. The molecule has 0 amide bonds. The standard InChI is InChI=1S/C6H4F5N3O2/c7-2(8)1-14-4(6(9,10)11)3(5(15)16)12-13-14/h2H,1H2,(H,15,16). The maximum atomic E-state index is 12.3. The molecule has 1 aromatic heterocycles. The van der Waals surface area contributed by atoms with Crippen LogP contribution in [0.25, 0.3) is 0 Å². The zero-order valence-corrected chi connectivity index (χ0v) is 7.37. The number of aromatic nitrogens is 3. The Labute approximate surface area is 84.5 Å². The van der Waals surface area contributed by atoms with Crippen LogP contribution in [0.4, 0.5) is 22.0 Å². The van der Waals surface area contributed by atoms with E-state index in [-0.39, 0.29) is 4.68 Å². The lowest BCUT2D eigenvalue weighted by Crippen LogP contribution is -2.20. The van der Waals surface area contributed by atoms with E-state index in [2.05, 4.69) is 10.3 Å². The van der Waals surface area contributed by atoms with Crippen LogP contribution in [0.2, 0.25) is 0 Å². The maximum Gasteiger partial charge on any atom is 0.435 e. The summed E-state index contributed by atoms with van der Waals surface area (Å²) in [5.74, 6) is -1.98. The average molecular weight is 245 g/mol. The molecule has 1 rings (SSSR count). The normalized spacial score (nSPS) is 12.1. The summed E-state index contributed by atoms with van der Waals surface area (Å²) >= 11 is 0. The van der Waals surface area contributed by atoms with Gasteiger partial charge in [-0.2, -0.15) is 13.2 Å². The fourth-order valence-corrected chi connectivity index (χ4v) is 0.996. The minimum atomic E-state index is -5.11. The second-order valence-corrected chi connectivity index (χ2v) is 2.66. The first-order valence-corrected chi connectivity index (χ1v) is 3.75. The third-order valence-corrected chi connectivity index (χ3v) is 1.52. The number of carbonyl (C=O) groups is 1. The summed E-state index contributed by atoms with van der Waals surface area (Å²) in [6.45, 7) is -1.37. The quantitative estimate of drug-likeness (QED) is 0.814. The molecule has 0 saturated carbocycles. The van der Waals surface area contributed by atoms with Gasteiger partial charge in [-0.05, 0) is 0 Å². The molecule has 1 heterocycles. The number of hydrogen-bond acceptors (Lipinski definition) is 3. The van der Waals surface area contributed by atoms with E-state index in [9.17, 15) is 26.7 Å². The highest BCUT2D eigenvalue weighted by molar-refractivity contribution is 5.86. The molecule has 0 unspecified atom stereocenters. The lowest BCUT2D eigenvalue weighted by Gasteiger charge is -2.09. The van der Waals surface area contributed by atoms with Crippen molar-refractivity contribution in [3.63, 3.8) is 0 Å². The Balaban J connectivity index is 3.25. The molecule has 0 atom stereocenters. The van der Waals surface area contributed by atoms with Crippen molar-refractivity contribution >= 4 is 5.97 Å². The van der Waals surface area contributed by atoms with Crippen LogP contribution in [0.15, 0.2) is 0 Å². The molecular weight excluding hydrogens is 241 g/mol. The van der Waals surface area contributed by atoms with Crippen LogP contribution in [-0.4, -0.2) is 32.5 Å². The fraction of sp³-hybridized carbons (Fsp3) is 0.500. The van der Waals surface area contributed by atoms with Crippen molar-refractivity contribution in [3.05, 3.63) is 11.4 Å². The molecule has 0 radical (unpaired) electrons. The van der Waals surface area contributed by atoms with Crippen molar-refractivity contribution in [3.8, 4) is 0 Å². The van der Waals surface area contributed by atoms with E-state index >= 15 is 0 Å². The summed E-state index contributed by atoms with van der Waals surface area (Å²) < 4.78 is 60.7. The lowest BCUT2D eigenvalue weighted by atomic mass is 10.3. The summed E-state index contributed by atoms with van der Waals surface area (Å²) in [6, 6.07) is 0. The molecular formula is C6H4F5N3O2. The fourth-order valence-electron chi connectivity index (χ4n) is 0.996. The van der Waals surface area contributed by atoms with E-state index in [4.69, 9.17) is 5.11 Å². The molecule has 90 valence electrons. The summed E-state index contributed by atoms with van der Waals surface area (Å²) in [4.78, 5) is 10.4. The van der Waals surface area contributed by atoms with Gasteiger partial charge in [0.1, 0.15) is 6.54 Å². The topological polar surface area (TPSA) is 68.0 Å². The van der Waals surface area contributed by atoms with Gasteiger partial charge in [0.25, 0.3) is 6.43 Å². The number of alkyl halides is 5. The van der Waals surface area contributed by atoms with Crippen LogP contribution >= 0.6 is 0 Å². The van der Waals surface area contributed by atoms with Crippen molar-refractivity contribution in [2.75, 3.05) is 0 Å². The van der Waals surface area contributed by atoms with Gasteiger partial charge in [0.05, 0.1) is 0 Å². The molecule has 0 fully saturated rings. The van der Waals surface area contributed by atoms with E-state index in [0.717, 1.165) is 0 Å². The third-order valence-electron chi connectivity index (χ3n) is 1.52. The minimum absolute atomic E-state index is 0.173. The van der Waals surface area contributed by atoms with Crippen LogP contribution in [0.5, 0.6) is 0 Å². The van der Waals surface area contributed by atoms with Gasteiger partial charge in [0.15, 0.2) is 5.69 Å². The largest absolute Gasteiger partial charge is 0.476 e. The molecule has 0 aliphatic rings. The van der Waals surface area contributed by atoms with Gasteiger partial charge in [-0.15, -0.1) is 5.10 Å². The van der Waals surface area contributed by atoms with Gasteiger partial charge >= 0.3 is 12.1 Å². The van der Waals surface area contributed by atoms with E-state index in [1.165, 1.54) is 0 Å². The lowest BCUT2D eigenvalue weighted by molar-refractivity contribution is -0.145. The predicted octanol–water partition coefficient (Wildman–Crippen LogP) is 1.26. The molecule has 5 nitrogen and oxygen atoms in total. The Morgan fingerprint density at radius 3 is 2.38 bits per heavy atom. The zero-order valence-electron chi connectivity index (χ0n) is 7.37. The Morgan fingerprint density at radius 2 is 2.00 bits per heavy atom. The second kappa shape index (κ2) is 4.02. The van der Waals surface area contributed by atoms with Gasteiger partial charge in [-0.1, -0.05) is 5.21 Å². The first kappa shape index (κ1) is 12.3. The van der Waals surface area contributed by atoms with Gasteiger partial charge in [0, 0.05) is 0 Å². The molecule has 0 aromatic carbocycles. The molecule has 0 spiro atoms. The van der Waals surface area contributed by atoms with Crippen molar-refractivity contribution in [2.24, 2.45) is 0 Å². The van der Waals surface area contributed by atoms with E-state index < -0.39 is 36.5 Å². The Morgan fingerprint density at radius 1 is 1.44 bits per heavy atom. The molecule has 10 heteroatoms. The number of halogens is 5.